The van der Waals surface area contributed by atoms with E-state index >= 15 is 0 Å². The van der Waals surface area contributed by atoms with Crippen molar-refractivity contribution in [2.24, 2.45) is 0 Å². The van der Waals surface area contributed by atoms with Gasteiger partial charge in [0, 0.05) is 38.3 Å². The zero-order valence-corrected chi connectivity index (χ0v) is 12.5. The number of nitrogens with zero attached hydrogens (tertiary/aromatic N) is 5. The minimum Gasteiger partial charge on any atom is -0.354 e. The van der Waals surface area contributed by atoms with Crippen LogP contribution in [0.1, 0.15) is 0 Å². The zero-order valence-electron chi connectivity index (χ0n) is 10.9. The van der Waals surface area contributed by atoms with Gasteiger partial charge >= 0.3 is 0 Å². The predicted molar refractivity (Wildman–Crippen MR) is 76.6 cm³/mol. The molecular weight excluding hydrogens is 302 g/mol. The van der Waals surface area contributed by atoms with E-state index in [9.17, 15) is 8.42 Å². The van der Waals surface area contributed by atoms with E-state index in [1.807, 2.05) is 0 Å². The lowest BCUT2D eigenvalue weighted by atomic mass is 10.3. The monoisotopic (exact) mass is 315 g/mol. The lowest BCUT2D eigenvalue weighted by Gasteiger charge is -2.34. The van der Waals surface area contributed by atoms with Gasteiger partial charge < -0.3 is 4.90 Å². The largest absolute Gasteiger partial charge is 0.354 e. The van der Waals surface area contributed by atoms with Gasteiger partial charge in [0.2, 0.25) is 10.0 Å². The lowest BCUT2D eigenvalue weighted by Crippen LogP contribution is -2.48. The molecule has 0 aromatic carbocycles. The van der Waals surface area contributed by atoms with Crippen molar-refractivity contribution >= 4 is 33.1 Å². The van der Waals surface area contributed by atoms with Gasteiger partial charge in [-0.05, 0) is 0 Å². The Balaban J connectivity index is 1.89. The molecule has 1 fully saturated rings. The molecule has 0 saturated carbocycles. The van der Waals surface area contributed by atoms with Gasteiger partial charge in [-0.1, -0.05) is 11.6 Å². The van der Waals surface area contributed by atoms with Crippen LogP contribution in [0, 0.1) is 0 Å². The number of fused-ring (bicyclic) bond motifs is 1. The van der Waals surface area contributed by atoms with Crippen LogP contribution in [0.15, 0.2) is 18.3 Å². The summed E-state index contributed by atoms with van der Waals surface area (Å²) in [5, 5.41) is 4.63. The Bertz CT molecular complexity index is 736. The van der Waals surface area contributed by atoms with Crippen LogP contribution in [-0.2, 0) is 10.0 Å². The summed E-state index contributed by atoms with van der Waals surface area (Å²) < 4.78 is 26.2. The summed E-state index contributed by atoms with van der Waals surface area (Å²) in [6.45, 7) is 2.12. The first-order valence-corrected chi connectivity index (χ1v) is 8.38. The summed E-state index contributed by atoms with van der Waals surface area (Å²) in [5.74, 6) is 0.832. The quantitative estimate of drug-likeness (QED) is 0.753. The average molecular weight is 316 g/mol. The summed E-state index contributed by atoms with van der Waals surface area (Å²) in [7, 11) is -3.13. The highest BCUT2D eigenvalue weighted by Gasteiger charge is 2.25. The first-order valence-electron chi connectivity index (χ1n) is 6.15. The van der Waals surface area contributed by atoms with Crippen LogP contribution in [0.5, 0.6) is 0 Å². The van der Waals surface area contributed by atoms with Gasteiger partial charge in [0.15, 0.2) is 5.65 Å². The summed E-state index contributed by atoms with van der Waals surface area (Å²) in [4.78, 5) is 6.24. The van der Waals surface area contributed by atoms with Crippen LogP contribution in [0.4, 0.5) is 5.82 Å². The number of anilines is 1. The molecule has 0 amide bonds. The van der Waals surface area contributed by atoms with Crippen LogP contribution >= 0.6 is 11.6 Å². The molecule has 108 valence electrons. The molecule has 2 aromatic heterocycles. The molecule has 1 aliphatic rings. The number of rotatable bonds is 2. The second-order valence-corrected chi connectivity index (χ2v) is 7.06. The Morgan fingerprint density at radius 3 is 2.60 bits per heavy atom. The standard InChI is InChI=1S/C11H14ClN5O2S/c1-20(18,19)16-6-4-15(5-7-16)11-8-9(12)14-10-2-3-13-17(10)11/h2-3,8H,4-7H2,1H3. The Labute approximate surface area is 121 Å². The van der Waals surface area contributed by atoms with E-state index in [1.54, 1.807) is 22.8 Å². The molecule has 0 N–H and O–H groups in total. The molecule has 0 unspecified atom stereocenters. The number of sulfonamides is 1. The molecule has 7 nitrogen and oxygen atoms in total. The minimum absolute atomic E-state index is 0.401. The highest BCUT2D eigenvalue weighted by atomic mass is 35.5. The molecule has 0 bridgehead atoms. The number of halogens is 1. The summed E-state index contributed by atoms with van der Waals surface area (Å²) >= 11 is 6.02. The van der Waals surface area contributed by atoms with Crippen molar-refractivity contribution < 1.29 is 8.42 Å². The molecule has 0 atom stereocenters. The minimum atomic E-state index is -3.13. The van der Waals surface area contributed by atoms with Gasteiger partial charge in [-0.3, -0.25) is 0 Å². The Morgan fingerprint density at radius 1 is 1.25 bits per heavy atom. The van der Waals surface area contributed by atoms with Crippen LogP contribution in [-0.4, -0.2) is 59.8 Å². The zero-order chi connectivity index (χ0) is 14.3. The van der Waals surface area contributed by atoms with Crippen molar-refractivity contribution in [3.8, 4) is 0 Å². The van der Waals surface area contributed by atoms with Crippen LogP contribution in [0.2, 0.25) is 5.15 Å². The molecular formula is C11H14ClN5O2S. The van der Waals surface area contributed by atoms with Gasteiger partial charge in [0.25, 0.3) is 0 Å². The fourth-order valence-electron chi connectivity index (χ4n) is 2.34. The third-order valence-electron chi connectivity index (χ3n) is 3.34. The number of hydrogen-bond donors (Lipinski definition) is 0. The van der Waals surface area contributed by atoms with E-state index in [4.69, 9.17) is 11.6 Å². The van der Waals surface area contributed by atoms with Crippen molar-refractivity contribution in [2.75, 3.05) is 37.3 Å². The van der Waals surface area contributed by atoms with Crippen LogP contribution < -0.4 is 4.90 Å². The first kappa shape index (κ1) is 13.6. The first-order chi connectivity index (χ1) is 9.45. The number of aromatic nitrogens is 3. The molecule has 3 rings (SSSR count). The molecule has 0 radical (unpaired) electrons. The highest BCUT2D eigenvalue weighted by Crippen LogP contribution is 2.21. The molecule has 3 heterocycles. The Hall–Kier alpha value is -1.38. The average Bonchev–Trinajstić information content (AvgIpc) is 2.85. The molecule has 0 aliphatic carbocycles. The van der Waals surface area contributed by atoms with Crippen molar-refractivity contribution in [1.82, 2.24) is 18.9 Å². The number of hydrogen-bond acceptors (Lipinski definition) is 5. The molecule has 2 aromatic rings. The Morgan fingerprint density at radius 2 is 1.95 bits per heavy atom. The van der Waals surface area contributed by atoms with Crippen molar-refractivity contribution in [3.05, 3.63) is 23.5 Å². The third-order valence-corrected chi connectivity index (χ3v) is 4.84. The van der Waals surface area contributed by atoms with Gasteiger partial charge in [-0.25, -0.2) is 13.4 Å². The second kappa shape index (κ2) is 4.87. The molecule has 9 heteroatoms. The maximum absolute atomic E-state index is 11.5. The van der Waals surface area contributed by atoms with Gasteiger partial charge in [0.1, 0.15) is 11.0 Å². The second-order valence-electron chi connectivity index (χ2n) is 4.69. The van der Waals surface area contributed by atoms with E-state index < -0.39 is 10.0 Å². The molecule has 1 aliphatic heterocycles. The maximum Gasteiger partial charge on any atom is 0.211 e. The highest BCUT2D eigenvalue weighted by molar-refractivity contribution is 7.88. The summed E-state index contributed by atoms with van der Waals surface area (Å²) in [6.07, 6.45) is 2.90. The normalized spacial score (nSPS) is 17.8. The maximum atomic E-state index is 11.5. The van der Waals surface area contributed by atoms with Gasteiger partial charge in [-0.15, -0.1) is 0 Å². The topological polar surface area (TPSA) is 70.8 Å². The summed E-state index contributed by atoms with van der Waals surface area (Å²) in [6, 6.07) is 3.53. The lowest BCUT2D eigenvalue weighted by molar-refractivity contribution is 0.386. The molecule has 1 saturated heterocycles. The fraction of sp³-hybridized carbons (Fsp3) is 0.455. The predicted octanol–water partition coefficient (Wildman–Crippen LogP) is 0.464. The molecule has 20 heavy (non-hydrogen) atoms. The van der Waals surface area contributed by atoms with Crippen molar-refractivity contribution in [2.45, 2.75) is 0 Å². The van der Waals surface area contributed by atoms with Crippen molar-refractivity contribution in [3.63, 3.8) is 0 Å². The van der Waals surface area contributed by atoms with E-state index in [2.05, 4.69) is 15.0 Å². The van der Waals surface area contributed by atoms with Crippen LogP contribution in [0.3, 0.4) is 0 Å². The van der Waals surface area contributed by atoms with E-state index in [-0.39, 0.29) is 0 Å². The third kappa shape index (κ3) is 2.46. The SMILES string of the molecule is CS(=O)(=O)N1CCN(c2cc(Cl)nc3ccnn23)CC1. The van der Waals surface area contributed by atoms with E-state index in [0.717, 1.165) is 5.82 Å². The molecule has 0 spiro atoms. The van der Waals surface area contributed by atoms with Crippen molar-refractivity contribution in [1.29, 1.82) is 0 Å². The van der Waals surface area contributed by atoms with Gasteiger partial charge in [0.05, 0.1) is 12.5 Å². The van der Waals surface area contributed by atoms with Crippen LogP contribution in [0.25, 0.3) is 5.65 Å². The smallest absolute Gasteiger partial charge is 0.211 e. The summed E-state index contributed by atoms with van der Waals surface area (Å²) in [5.41, 5.74) is 0.679. The fourth-order valence-corrected chi connectivity index (χ4v) is 3.35. The number of piperazine rings is 1. The Kier molecular flexibility index (Phi) is 3.31. The van der Waals surface area contributed by atoms with E-state index in [1.165, 1.54) is 10.6 Å². The van der Waals surface area contributed by atoms with Gasteiger partial charge in [-0.2, -0.15) is 13.9 Å². The van der Waals surface area contributed by atoms with E-state index in [0.29, 0.717) is 37.0 Å².